The van der Waals surface area contributed by atoms with E-state index in [1.807, 2.05) is 0 Å². The molecule has 0 fully saturated rings. The first-order valence-corrected chi connectivity index (χ1v) is 6.32. The smallest absolute Gasteiger partial charge is 0.0459 e. The first kappa shape index (κ1) is 13.1. The van der Waals surface area contributed by atoms with Crippen molar-refractivity contribution in [2.45, 2.75) is 19.5 Å². The summed E-state index contributed by atoms with van der Waals surface area (Å²) in [5.74, 6) is 0. The summed E-state index contributed by atoms with van der Waals surface area (Å²) in [5, 5.41) is 1.29. The standard InChI is InChI=1S/C14H22N4/c1-10-13(9-18(2)8-11(16)7-15)12-5-3-4-6-14(12)17-10/h3-6,11,17H,7-9,15-16H2,1-2H3. The van der Waals surface area contributed by atoms with E-state index in [1.165, 1.54) is 22.2 Å². The molecule has 0 bridgehead atoms. The normalized spacial score (nSPS) is 13.4. The van der Waals surface area contributed by atoms with Gasteiger partial charge in [-0.25, -0.2) is 0 Å². The molecule has 0 radical (unpaired) electrons. The zero-order chi connectivity index (χ0) is 13.1. The van der Waals surface area contributed by atoms with Gasteiger partial charge in [-0.3, -0.25) is 0 Å². The number of likely N-dealkylation sites (N-methyl/N-ethyl adjacent to an activating group) is 1. The molecule has 1 atom stereocenters. The van der Waals surface area contributed by atoms with E-state index in [9.17, 15) is 0 Å². The fourth-order valence-electron chi connectivity index (χ4n) is 2.35. The van der Waals surface area contributed by atoms with Gasteiger partial charge in [0.25, 0.3) is 0 Å². The van der Waals surface area contributed by atoms with Gasteiger partial charge in [0, 0.05) is 42.3 Å². The molecule has 0 aliphatic rings. The third kappa shape index (κ3) is 2.72. The lowest BCUT2D eigenvalue weighted by molar-refractivity contribution is 0.305. The Morgan fingerprint density at radius 1 is 1.33 bits per heavy atom. The number of hydrogen-bond donors (Lipinski definition) is 3. The number of benzene rings is 1. The second-order valence-electron chi connectivity index (χ2n) is 4.97. The molecule has 98 valence electrons. The van der Waals surface area contributed by atoms with Crippen LogP contribution < -0.4 is 11.5 Å². The first-order valence-electron chi connectivity index (χ1n) is 6.32. The van der Waals surface area contributed by atoms with E-state index in [1.54, 1.807) is 0 Å². The van der Waals surface area contributed by atoms with Crippen molar-refractivity contribution in [3.05, 3.63) is 35.5 Å². The van der Waals surface area contributed by atoms with E-state index in [0.717, 1.165) is 13.1 Å². The minimum atomic E-state index is 0.0421. The van der Waals surface area contributed by atoms with Crippen molar-refractivity contribution in [3.63, 3.8) is 0 Å². The van der Waals surface area contributed by atoms with Crippen molar-refractivity contribution < 1.29 is 0 Å². The van der Waals surface area contributed by atoms with Crippen LogP contribution >= 0.6 is 0 Å². The average Bonchev–Trinajstić information content (AvgIpc) is 2.66. The Bertz CT molecular complexity index is 517. The average molecular weight is 246 g/mol. The van der Waals surface area contributed by atoms with Crippen molar-refractivity contribution in [2.24, 2.45) is 11.5 Å². The van der Waals surface area contributed by atoms with Crippen LogP contribution in [-0.2, 0) is 6.54 Å². The number of hydrogen-bond acceptors (Lipinski definition) is 3. The molecule has 18 heavy (non-hydrogen) atoms. The molecule has 0 amide bonds. The largest absolute Gasteiger partial charge is 0.358 e. The van der Waals surface area contributed by atoms with Crippen molar-refractivity contribution in [2.75, 3.05) is 20.1 Å². The SMILES string of the molecule is Cc1[nH]c2ccccc2c1CN(C)CC(N)CN. The highest BCUT2D eigenvalue weighted by atomic mass is 15.1. The molecule has 1 aromatic heterocycles. The quantitative estimate of drug-likeness (QED) is 0.742. The topological polar surface area (TPSA) is 71.1 Å². The lowest BCUT2D eigenvalue weighted by Crippen LogP contribution is -2.40. The lowest BCUT2D eigenvalue weighted by Gasteiger charge is -2.20. The molecule has 0 spiro atoms. The summed E-state index contributed by atoms with van der Waals surface area (Å²) in [6.07, 6.45) is 0. The molecule has 0 saturated heterocycles. The Morgan fingerprint density at radius 2 is 2.06 bits per heavy atom. The third-order valence-electron chi connectivity index (χ3n) is 3.30. The number of aryl methyl sites for hydroxylation is 1. The fraction of sp³-hybridized carbons (Fsp3) is 0.429. The van der Waals surface area contributed by atoms with Gasteiger partial charge in [-0.1, -0.05) is 18.2 Å². The number of H-pyrrole nitrogens is 1. The van der Waals surface area contributed by atoms with Crippen molar-refractivity contribution in [1.82, 2.24) is 9.88 Å². The zero-order valence-electron chi connectivity index (χ0n) is 11.1. The van der Waals surface area contributed by atoms with Crippen LogP contribution in [0.25, 0.3) is 10.9 Å². The summed E-state index contributed by atoms with van der Waals surface area (Å²) in [6, 6.07) is 8.43. The highest BCUT2D eigenvalue weighted by Crippen LogP contribution is 2.22. The summed E-state index contributed by atoms with van der Waals surface area (Å²) in [5.41, 5.74) is 15.2. The maximum atomic E-state index is 5.88. The van der Waals surface area contributed by atoms with Crippen LogP contribution in [0.2, 0.25) is 0 Å². The molecule has 1 unspecified atom stereocenters. The maximum absolute atomic E-state index is 5.88. The molecular formula is C14H22N4. The Labute approximate surface area is 108 Å². The number of aromatic nitrogens is 1. The highest BCUT2D eigenvalue weighted by Gasteiger charge is 2.11. The number of rotatable bonds is 5. The van der Waals surface area contributed by atoms with Crippen LogP contribution in [0.5, 0.6) is 0 Å². The number of nitrogens with zero attached hydrogens (tertiary/aromatic N) is 1. The van der Waals surface area contributed by atoms with Gasteiger partial charge in [0.15, 0.2) is 0 Å². The second kappa shape index (κ2) is 5.52. The van der Waals surface area contributed by atoms with E-state index in [2.05, 4.69) is 48.1 Å². The summed E-state index contributed by atoms with van der Waals surface area (Å²) >= 11 is 0. The molecule has 4 heteroatoms. The lowest BCUT2D eigenvalue weighted by atomic mass is 10.1. The minimum absolute atomic E-state index is 0.0421. The van der Waals surface area contributed by atoms with Gasteiger partial charge < -0.3 is 21.4 Å². The van der Waals surface area contributed by atoms with Crippen LogP contribution in [0.15, 0.2) is 24.3 Å². The monoisotopic (exact) mass is 246 g/mol. The third-order valence-corrected chi connectivity index (χ3v) is 3.30. The number of fused-ring (bicyclic) bond motifs is 1. The van der Waals surface area contributed by atoms with Gasteiger partial charge in [0.1, 0.15) is 0 Å². The molecule has 1 aromatic carbocycles. The molecule has 0 saturated carbocycles. The number of nitrogens with one attached hydrogen (secondary N) is 1. The molecule has 4 nitrogen and oxygen atoms in total. The van der Waals surface area contributed by atoms with E-state index in [-0.39, 0.29) is 6.04 Å². The zero-order valence-corrected chi connectivity index (χ0v) is 11.1. The summed E-state index contributed by atoms with van der Waals surface area (Å²) in [7, 11) is 2.08. The Kier molecular flexibility index (Phi) is 4.01. The Balaban J connectivity index is 2.18. The Morgan fingerprint density at radius 3 is 2.78 bits per heavy atom. The highest BCUT2D eigenvalue weighted by molar-refractivity contribution is 5.84. The van der Waals surface area contributed by atoms with Crippen LogP contribution in [0.3, 0.4) is 0 Å². The molecule has 0 aliphatic carbocycles. The van der Waals surface area contributed by atoms with Crippen LogP contribution in [-0.4, -0.2) is 36.1 Å². The van der Waals surface area contributed by atoms with Crippen molar-refractivity contribution in [3.8, 4) is 0 Å². The summed E-state index contributed by atoms with van der Waals surface area (Å²) in [6.45, 7) is 4.35. The number of nitrogens with two attached hydrogens (primary N) is 2. The van der Waals surface area contributed by atoms with Crippen LogP contribution in [0.4, 0.5) is 0 Å². The predicted octanol–water partition coefficient (Wildman–Crippen LogP) is 1.19. The summed E-state index contributed by atoms with van der Waals surface area (Å²) < 4.78 is 0. The van der Waals surface area contributed by atoms with Gasteiger partial charge in [-0.15, -0.1) is 0 Å². The molecule has 2 rings (SSSR count). The second-order valence-corrected chi connectivity index (χ2v) is 4.97. The van der Waals surface area contributed by atoms with E-state index in [4.69, 9.17) is 11.5 Å². The summed E-state index contributed by atoms with van der Waals surface area (Å²) in [4.78, 5) is 5.64. The fourth-order valence-corrected chi connectivity index (χ4v) is 2.35. The van der Waals surface area contributed by atoms with E-state index >= 15 is 0 Å². The Hall–Kier alpha value is -1.36. The number of aromatic amines is 1. The van der Waals surface area contributed by atoms with Crippen molar-refractivity contribution in [1.29, 1.82) is 0 Å². The van der Waals surface area contributed by atoms with E-state index in [0.29, 0.717) is 6.54 Å². The van der Waals surface area contributed by atoms with Gasteiger partial charge in [-0.2, -0.15) is 0 Å². The molecule has 5 N–H and O–H groups in total. The van der Waals surface area contributed by atoms with Gasteiger partial charge in [0.2, 0.25) is 0 Å². The maximum Gasteiger partial charge on any atom is 0.0459 e. The van der Waals surface area contributed by atoms with Crippen LogP contribution in [0, 0.1) is 6.92 Å². The first-order chi connectivity index (χ1) is 8.61. The predicted molar refractivity (Wildman–Crippen MR) is 76.4 cm³/mol. The molecule has 2 aromatic rings. The number of para-hydroxylation sites is 1. The molecule has 1 heterocycles. The minimum Gasteiger partial charge on any atom is -0.358 e. The van der Waals surface area contributed by atoms with E-state index < -0.39 is 0 Å². The molecule has 0 aliphatic heterocycles. The molecular weight excluding hydrogens is 224 g/mol. The van der Waals surface area contributed by atoms with Crippen LogP contribution in [0.1, 0.15) is 11.3 Å². The van der Waals surface area contributed by atoms with Gasteiger partial charge in [-0.05, 0) is 25.6 Å². The van der Waals surface area contributed by atoms with Gasteiger partial charge in [0.05, 0.1) is 0 Å². The van der Waals surface area contributed by atoms with Crippen molar-refractivity contribution >= 4 is 10.9 Å². The van der Waals surface area contributed by atoms with Gasteiger partial charge >= 0.3 is 0 Å².